The number of carbonyl (C=O) groups excluding carboxylic acids is 1. The van der Waals surface area contributed by atoms with E-state index < -0.39 is 0 Å². The molecule has 7 heteroatoms. The van der Waals surface area contributed by atoms with Crippen molar-refractivity contribution in [2.75, 3.05) is 13.2 Å². The lowest BCUT2D eigenvalue weighted by Gasteiger charge is -2.15. The van der Waals surface area contributed by atoms with E-state index in [9.17, 15) is 4.79 Å². The third-order valence-corrected chi connectivity index (χ3v) is 5.84. The highest BCUT2D eigenvalue weighted by atomic mass is 32.2. The van der Waals surface area contributed by atoms with Crippen molar-refractivity contribution in [3.8, 4) is 5.69 Å². The van der Waals surface area contributed by atoms with Crippen LogP contribution in [0.3, 0.4) is 0 Å². The Bertz CT molecular complexity index is 754. The fraction of sp³-hybridized carbons (Fsp3) is 0.526. The first-order valence-electron chi connectivity index (χ1n) is 9.29. The predicted octanol–water partition coefficient (Wildman–Crippen LogP) is 2.92. The SMILES string of the molecule is C[C@H](Sc1nnc(C2CC2)n1-c1ccccc1)C(=O)NC[C@@H]1CCCO1. The van der Waals surface area contributed by atoms with Crippen LogP contribution in [0.15, 0.2) is 35.5 Å². The van der Waals surface area contributed by atoms with Gasteiger partial charge < -0.3 is 10.1 Å². The van der Waals surface area contributed by atoms with Gasteiger partial charge in [0.15, 0.2) is 5.16 Å². The van der Waals surface area contributed by atoms with Crippen LogP contribution in [0.1, 0.15) is 44.3 Å². The minimum absolute atomic E-state index is 0.0149. The Kier molecular flexibility index (Phi) is 5.26. The number of hydrogen-bond acceptors (Lipinski definition) is 5. The summed E-state index contributed by atoms with van der Waals surface area (Å²) in [7, 11) is 0. The molecule has 1 aliphatic heterocycles. The summed E-state index contributed by atoms with van der Waals surface area (Å²) in [5.74, 6) is 1.51. The fourth-order valence-electron chi connectivity index (χ4n) is 3.16. The summed E-state index contributed by atoms with van der Waals surface area (Å²) < 4.78 is 7.67. The monoisotopic (exact) mass is 372 g/mol. The molecule has 138 valence electrons. The number of nitrogens with zero attached hydrogens (tertiary/aromatic N) is 3. The van der Waals surface area contributed by atoms with Gasteiger partial charge in [-0.3, -0.25) is 9.36 Å². The van der Waals surface area contributed by atoms with Gasteiger partial charge in [-0.25, -0.2) is 0 Å². The fourth-order valence-corrected chi connectivity index (χ4v) is 4.06. The number of para-hydroxylation sites is 1. The first-order chi connectivity index (χ1) is 12.7. The number of thioether (sulfide) groups is 1. The quantitative estimate of drug-likeness (QED) is 0.757. The van der Waals surface area contributed by atoms with Crippen LogP contribution in [-0.2, 0) is 9.53 Å². The van der Waals surface area contributed by atoms with E-state index in [1.54, 1.807) is 0 Å². The second-order valence-electron chi connectivity index (χ2n) is 6.93. The highest BCUT2D eigenvalue weighted by molar-refractivity contribution is 8.00. The van der Waals surface area contributed by atoms with Crippen LogP contribution in [-0.4, -0.2) is 45.2 Å². The van der Waals surface area contributed by atoms with Crippen LogP contribution in [0.2, 0.25) is 0 Å². The molecule has 0 unspecified atom stereocenters. The largest absolute Gasteiger partial charge is 0.376 e. The number of aromatic nitrogens is 3. The molecule has 0 bridgehead atoms. The lowest BCUT2D eigenvalue weighted by Crippen LogP contribution is -2.36. The zero-order valence-electron chi connectivity index (χ0n) is 14.9. The van der Waals surface area contributed by atoms with Gasteiger partial charge in [0.05, 0.1) is 11.4 Å². The highest BCUT2D eigenvalue weighted by Crippen LogP contribution is 2.41. The van der Waals surface area contributed by atoms with E-state index in [1.807, 2.05) is 25.1 Å². The number of benzene rings is 1. The number of rotatable bonds is 7. The van der Waals surface area contributed by atoms with E-state index in [2.05, 4.69) is 32.2 Å². The maximum Gasteiger partial charge on any atom is 0.233 e. The van der Waals surface area contributed by atoms with Gasteiger partial charge in [0.2, 0.25) is 5.91 Å². The zero-order chi connectivity index (χ0) is 17.9. The number of ether oxygens (including phenoxy) is 1. The number of nitrogens with one attached hydrogen (secondary N) is 1. The molecule has 4 rings (SSSR count). The van der Waals surface area contributed by atoms with Gasteiger partial charge in [-0.1, -0.05) is 30.0 Å². The topological polar surface area (TPSA) is 69.0 Å². The van der Waals surface area contributed by atoms with E-state index in [-0.39, 0.29) is 17.3 Å². The molecule has 0 radical (unpaired) electrons. The van der Waals surface area contributed by atoms with Crippen molar-refractivity contribution < 1.29 is 9.53 Å². The summed E-state index contributed by atoms with van der Waals surface area (Å²) >= 11 is 1.46. The van der Waals surface area contributed by atoms with Crippen molar-refractivity contribution in [3.63, 3.8) is 0 Å². The van der Waals surface area contributed by atoms with Crippen LogP contribution < -0.4 is 5.32 Å². The minimum Gasteiger partial charge on any atom is -0.376 e. The van der Waals surface area contributed by atoms with Crippen molar-refractivity contribution in [3.05, 3.63) is 36.2 Å². The van der Waals surface area contributed by atoms with Gasteiger partial charge >= 0.3 is 0 Å². The molecular formula is C19H24N4O2S. The normalized spacial score (nSPS) is 20.9. The summed E-state index contributed by atoms with van der Waals surface area (Å²) in [5.41, 5.74) is 1.05. The Morgan fingerprint density at radius 2 is 2.12 bits per heavy atom. The Hall–Kier alpha value is -1.86. The predicted molar refractivity (Wildman–Crippen MR) is 101 cm³/mol. The van der Waals surface area contributed by atoms with E-state index in [0.717, 1.165) is 49.0 Å². The smallest absolute Gasteiger partial charge is 0.233 e. The Morgan fingerprint density at radius 3 is 2.81 bits per heavy atom. The molecular weight excluding hydrogens is 348 g/mol. The first-order valence-corrected chi connectivity index (χ1v) is 10.2. The summed E-state index contributed by atoms with van der Waals surface area (Å²) in [6, 6.07) is 10.1. The van der Waals surface area contributed by atoms with Crippen LogP contribution in [0.4, 0.5) is 0 Å². The molecule has 1 aliphatic carbocycles. The van der Waals surface area contributed by atoms with Crippen LogP contribution >= 0.6 is 11.8 Å². The van der Waals surface area contributed by atoms with E-state index in [0.29, 0.717) is 12.5 Å². The molecule has 2 atom stereocenters. The van der Waals surface area contributed by atoms with Gasteiger partial charge in [0, 0.05) is 24.8 Å². The van der Waals surface area contributed by atoms with Gasteiger partial charge in [-0.05, 0) is 44.7 Å². The molecule has 1 amide bonds. The lowest BCUT2D eigenvalue weighted by molar-refractivity contribution is -0.120. The maximum absolute atomic E-state index is 12.5. The minimum atomic E-state index is -0.241. The third-order valence-electron chi connectivity index (χ3n) is 4.79. The molecule has 1 aromatic carbocycles. The molecule has 1 N–H and O–H groups in total. The third kappa shape index (κ3) is 3.94. The van der Waals surface area contributed by atoms with Crippen LogP contribution in [0, 0.1) is 0 Å². The standard InChI is InChI=1S/C19H24N4O2S/c1-13(18(24)20-12-16-8-5-11-25-16)26-19-22-21-17(14-9-10-14)23(19)15-6-3-2-4-7-15/h2-4,6-7,13-14,16H,5,8-12H2,1H3,(H,20,24)/t13-,16-/m0/s1. The summed E-state index contributed by atoms with van der Waals surface area (Å²) in [5, 5.41) is 12.3. The maximum atomic E-state index is 12.5. The van der Waals surface area contributed by atoms with E-state index >= 15 is 0 Å². The molecule has 2 fully saturated rings. The summed E-state index contributed by atoms with van der Waals surface area (Å²) in [4.78, 5) is 12.5. The summed E-state index contributed by atoms with van der Waals surface area (Å²) in [6.45, 7) is 3.30. The molecule has 26 heavy (non-hydrogen) atoms. The second kappa shape index (κ2) is 7.80. The van der Waals surface area contributed by atoms with Crippen LogP contribution in [0.25, 0.3) is 5.69 Å². The number of amides is 1. The van der Waals surface area contributed by atoms with E-state index in [1.165, 1.54) is 11.8 Å². The molecule has 2 heterocycles. The lowest BCUT2D eigenvalue weighted by atomic mass is 10.2. The average Bonchev–Trinajstić information content (AvgIpc) is 3.21. The van der Waals surface area contributed by atoms with Crippen molar-refractivity contribution in [2.45, 2.75) is 55.0 Å². The molecule has 6 nitrogen and oxygen atoms in total. The molecule has 1 saturated heterocycles. The van der Waals surface area contributed by atoms with Crippen molar-refractivity contribution in [1.29, 1.82) is 0 Å². The van der Waals surface area contributed by atoms with E-state index in [4.69, 9.17) is 4.74 Å². The van der Waals surface area contributed by atoms with Gasteiger partial charge in [-0.2, -0.15) is 0 Å². The van der Waals surface area contributed by atoms with Crippen molar-refractivity contribution in [2.24, 2.45) is 0 Å². The van der Waals surface area contributed by atoms with Crippen molar-refractivity contribution in [1.82, 2.24) is 20.1 Å². The van der Waals surface area contributed by atoms with Gasteiger partial charge in [0.25, 0.3) is 0 Å². The molecule has 2 aliphatic rings. The first kappa shape index (κ1) is 17.5. The van der Waals surface area contributed by atoms with Crippen molar-refractivity contribution >= 4 is 17.7 Å². The van der Waals surface area contributed by atoms with Gasteiger partial charge in [-0.15, -0.1) is 10.2 Å². The molecule has 0 spiro atoms. The molecule has 1 saturated carbocycles. The number of carbonyl (C=O) groups is 1. The molecule has 2 aromatic rings. The van der Waals surface area contributed by atoms with Gasteiger partial charge in [0.1, 0.15) is 5.82 Å². The zero-order valence-corrected chi connectivity index (χ0v) is 15.7. The Balaban J connectivity index is 1.46. The Morgan fingerprint density at radius 1 is 1.31 bits per heavy atom. The second-order valence-corrected chi connectivity index (χ2v) is 8.23. The number of hydrogen-bond donors (Lipinski definition) is 1. The highest BCUT2D eigenvalue weighted by Gasteiger charge is 2.32. The summed E-state index contributed by atoms with van der Waals surface area (Å²) in [6.07, 6.45) is 4.58. The van der Waals surface area contributed by atoms with Crippen LogP contribution in [0.5, 0.6) is 0 Å². The Labute approximate surface area is 157 Å². The molecule has 1 aromatic heterocycles. The average molecular weight is 372 g/mol.